The van der Waals surface area contributed by atoms with Crippen molar-refractivity contribution in [1.82, 2.24) is 10.2 Å². The third-order valence-corrected chi connectivity index (χ3v) is 4.20. The van der Waals surface area contributed by atoms with Crippen LogP contribution in [0, 0.1) is 17.6 Å². The summed E-state index contributed by atoms with van der Waals surface area (Å²) in [5.41, 5.74) is 0.585. The molecule has 19 heavy (non-hydrogen) atoms. The number of likely N-dealkylation sites (tertiary alicyclic amines) is 1. The second-order valence-corrected chi connectivity index (χ2v) is 5.43. The van der Waals surface area contributed by atoms with Crippen molar-refractivity contribution in [3.05, 3.63) is 35.4 Å². The first kappa shape index (κ1) is 14.4. The molecular formula is C15H22F2N2. The van der Waals surface area contributed by atoms with Crippen molar-refractivity contribution < 1.29 is 8.78 Å². The zero-order chi connectivity index (χ0) is 13.8. The Bertz CT molecular complexity index is 415. The first-order chi connectivity index (χ1) is 9.10. The molecule has 1 saturated heterocycles. The van der Waals surface area contributed by atoms with Gasteiger partial charge in [0.2, 0.25) is 0 Å². The molecule has 2 nitrogen and oxygen atoms in total. The number of piperidine rings is 1. The van der Waals surface area contributed by atoms with Crippen molar-refractivity contribution >= 4 is 0 Å². The summed E-state index contributed by atoms with van der Waals surface area (Å²) < 4.78 is 26.4. The van der Waals surface area contributed by atoms with Crippen LogP contribution in [0.2, 0.25) is 0 Å². The number of halogens is 2. The Morgan fingerprint density at radius 3 is 2.58 bits per heavy atom. The molecule has 1 atom stereocenters. The van der Waals surface area contributed by atoms with Crippen LogP contribution >= 0.6 is 0 Å². The second kappa shape index (κ2) is 6.44. The summed E-state index contributed by atoms with van der Waals surface area (Å²) in [6.07, 6.45) is 2.26. The molecule has 0 radical (unpaired) electrons. The van der Waals surface area contributed by atoms with Gasteiger partial charge in [0, 0.05) is 24.2 Å². The van der Waals surface area contributed by atoms with Crippen LogP contribution in [0.25, 0.3) is 0 Å². The van der Waals surface area contributed by atoms with Gasteiger partial charge in [-0.3, -0.25) is 4.90 Å². The van der Waals surface area contributed by atoms with Gasteiger partial charge in [-0.25, -0.2) is 8.78 Å². The van der Waals surface area contributed by atoms with Crippen molar-refractivity contribution in [3.63, 3.8) is 0 Å². The minimum atomic E-state index is -0.511. The van der Waals surface area contributed by atoms with E-state index in [2.05, 4.69) is 17.1 Å². The average Bonchev–Trinajstić information content (AvgIpc) is 2.42. The van der Waals surface area contributed by atoms with E-state index >= 15 is 0 Å². The molecule has 0 amide bonds. The molecule has 1 aliphatic rings. The summed E-state index contributed by atoms with van der Waals surface area (Å²) in [6, 6.07) is 4.37. The molecule has 0 saturated carbocycles. The molecule has 1 aliphatic heterocycles. The lowest BCUT2D eigenvalue weighted by atomic mass is 9.90. The van der Waals surface area contributed by atoms with Gasteiger partial charge in [-0.15, -0.1) is 0 Å². The molecule has 0 spiro atoms. The van der Waals surface area contributed by atoms with E-state index in [0.717, 1.165) is 32.0 Å². The number of rotatable bonds is 4. The highest BCUT2D eigenvalue weighted by Gasteiger charge is 2.23. The molecule has 0 aliphatic carbocycles. The van der Waals surface area contributed by atoms with Crippen molar-refractivity contribution in [2.45, 2.75) is 32.4 Å². The first-order valence-electron chi connectivity index (χ1n) is 6.93. The van der Waals surface area contributed by atoms with E-state index in [4.69, 9.17) is 0 Å². The van der Waals surface area contributed by atoms with Crippen LogP contribution in [-0.2, 0) is 6.54 Å². The van der Waals surface area contributed by atoms with E-state index in [9.17, 15) is 8.78 Å². The fourth-order valence-electron chi connectivity index (χ4n) is 2.74. The highest BCUT2D eigenvalue weighted by atomic mass is 19.1. The molecule has 0 aromatic heterocycles. The molecule has 4 heteroatoms. The van der Waals surface area contributed by atoms with Crippen molar-refractivity contribution in [3.8, 4) is 0 Å². The van der Waals surface area contributed by atoms with Crippen LogP contribution in [0.15, 0.2) is 18.2 Å². The van der Waals surface area contributed by atoms with E-state index in [1.54, 1.807) is 6.07 Å². The summed E-state index contributed by atoms with van der Waals surface area (Å²) in [5.74, 6) is -0.257. The Morgan fingerprint density at radius 1 is 1.32 bits per heavy atom. The quantitative estimate of drug-likeness (QED) is 0.903. The molecule has 106 valence electrons. The lowest BCUT2D eigenvalue weighted by Crippen LogP contribution is -2.40. The van der Waals surface area contributed by atoms with E-state index in [1.807, 2.05) is 7.05 Å². The Morgan fingerprint density at radius 2 is 2.00 bits per heavy atom. The Hall–Kier alpha value is -1.00. The molecule has 1 fully saturated rings. The van der Waals surface area contributed by atoms with Gasteiger partial charge in [0.15, 0.2) is 0 Å². The lowest BCUT2D eigenvalue weighted by Gasteiger charge is -2.34. The summed E-state index contributed by atoms with van der Waals surface area (Å²) in [6.45, 7) is 4.74. The molecule has 1 aromatic rings. The average molecular weight is 268 g/mol. The van der Waals surface area contributed by atoms with Crippen molar-refractivity contribution in [2.75, 3.05) is 20.1 Å². The minimum absolute atomic E-state index is 0.439. The van der Waals surface area contributed by atoms with Crippen LogP contribution in [0.3, 0.4) is 0 Å². The van der Waals surface area contributed by atoms with Crippen LogP contribution in [0.4, 0.5) is 8.78 Å². The van der Waals surface area contributed by atoms with Crippen LogP contribution in [0.5, 0.6) is 0 Å². The largest absolute Gasteiger partial charge is 0.317 e. The van der Waals surface area contributed by atoms with Crippen molar-refractivity contribution in [1.29, 1.82) is 0 Å². The first-order valence-corrected chi connectivity index (χ1v) is 6.93. The molecule has 1 N–H and O–H groups in total. The standard InChI is InChI=1S/C15H22F2N2/c1-11(18-2)12-5-7-19(8-6-12)10-13-3-4-14(16)9-15(13)17/h3-4,9,11-12,18H,5-8,10H2,1-2H3. The summed E-state index contributed by atoms with van der Waals surface area (Å²) >= 11 is 0. The van der Waals surface area contributed by atoms with Crippen LogP contribution in [0.1, 0.15) is 25.3 Å². The zero-order valence-electron chi connectivity index (χ0n) is 11.6. The van der Waals surface area contributed by atoms with Crippen LogP contribution in [-0.4, -0.2) is 31.1 Å². The maximum absolute atomic E-state index is 13.6. The van der Waals surface area contributed by atoms with Gasteiger partial charge < -0.3 is 5.32 Å². The number of nitrogens with zero attached hydrogens (tertiary/aromatic N) is 1. The predicted molar refractivity (Wildman–Crippen MR) is 72.9 cm³/mol. The van der Waals surface area contributed by atoms with Gasteiger partial charge in [-0.2, -0.15) is 0 Å². The summed E-state index contributed by atoms with van der Waals surface area (Å²) in [7, 11) is 1.99. The normalized spacial score (nSPS) is 19.6. The van der Waals surface area contributed by atoms with Crippen LogP contribution < -0.4 is 5.32 Å². The second-order valence-electron chi connectivity index (χ2n) is 5.43. The van der Waals surface area contributed by atoms with E-state index in [-0.39, 0.29) is 0 Å². The fourth-order valence-corrected chi connectivity index (χ4v) is 2.74. The van der Waals surface area contributed by atoms with Gasteiger partial charge in [-0.1, -0.05) is 6.07 Å². The molecule has 2 rings (SSSR count). The summed E-state index contributed by atoms with van der Waals surface area (Å²) in [4.78, 5) is 2.25. The SMILES string of the molecule is CNC(C)C1CCN(Cc2ccc(F)cc2F)CC1. The number of nitrogens with one attached hydrogen (secondary N) is 1. The number of benzene rings is 1. The third kappa shape index (κ3) is 3.74. The maximum Gasteiger partial charge on any atom is 0.130 e. The smallest absolute Gasteiger partial charge is 0.130 e. The maximum atomic E-state index is 13.6. The predicted octanol–water partition coefficient (Wildman–Crippen LogP) is 2.78. The fraction of sp³-hybridized carbons (Fsp3) is 0.600. The number of hydrogen-bond donors (Lipinski definition) is 1. The Balaban J connectivity index is 1.88. The molecule has 1 aromatic carbocycles. The Labute approximate surface area is 113 Å². The highest BCUT2D eigenvalue weighted by molar-refractivity contribution is 5.18. The van der Waals surface area contributed by atoms with Crippen molar-refractivity contribution in [2.24, 2.45) is 5.92 Å². The van der Waals surface area contributed by atoms with Gasteiger partial charge in [-0.05, 0) is 51.9 Å². The van der Waals surface area contributed by atoms with E-state index in [1.165, 1.54) is 6.07 Å². The van der Waals surface area contributed by atoms with E-state index in [0.29, 0.717) is 24.1 Å². The minimum Gasteiger partial charge on any atom is -0.317 e. The molecule has 1 heterocycles. The lowest BCUT2D eigenvalue weighted by molar-refractivity contribution is 0.157. The summed E-state index contributed by atoms with van der Waals surface area (Å²) in [5, 5.41) is 3.29. The van der Waals surface area contributed by atoms with Gasteiger partial charge in [0.05, 0.1) is 0 Å². The highest BCUT2D eigenvalue weighted by Crippen LogP contribution is 2.22. The monoisotopic (exact) mass is 268 g/mol. The zero-order valence-corrected chi connectivity index (χ0v) is 11.6. The molecule has 1 unspecified atom stereocenters. The number of hydrogen-bond acceptors (Lipinski definition) is 2. The molecular weight excluding hydrogens is 246 g/mol. The van der Waals surface area contributed by atoms with Gasteiger partial charge >= 0.3 is 0 Å². The Kier molecular flexibility index (Phi) is 4.88. The molecule has 0 bridgehead atoms. The van der Waals surface area contributed by atoms with Gasteiger partial charge in [0.25, 0.3) is 0 Å². The van der Waals surface area contributed by atoms with Gasteiger partial charge in [0.1, 0.15) is 11.6 Å². The topological polar surface area (TPSA) is 15.3 Å². The third-order valence-electron chi connectivity index (χ3n) is 4.20. The van der Waals surface area contributed by atoms with E-state index < -0.39 is 11.6 Å².